The fourth-order valence-corrected chi connectivity index (χ4v) is 2.35. The zero-order valence-corrected chi connectivity index (χ0v) is 11.0. The monoisotopic (exact) mass is 238 g/mol. The van der Waals surface area contributed by atoms with E-state index >= 15 is 0 Å². The first-order valence-electron chi connectivity index (χ1n) is 5.76. The van der Waals surface area contributed by atoms with Crippen LogP contribution in [0, 0.1) is 11.3 Å². The van der Waals surface area contributed by atoms with Crippen LogP contribution in [0.5, 0.6) is 0 Å². The van der Waals surface area contributed by atoms with Crippen LogP contribution >= 0.6 is 11.8 Å². The minimum absolute atomic E-state index is 0.459. The summed E-state index contributed by atoms with van der Waals surface area (Å²) in [6.45, 7) is 3.67. The van der Waals surface area contributed by atoms with Gasteiger partial charge in [0.25, 0.3) is 5.82 Å². The minimum Gasteiger partial charge on any atom is -0.234 e. The first-order valence-corrected chi connectivity index (χ1v) is 7.16. The molecule has 16 heavy (non-hydrogen) atoms. The first kappa shape index (κ1) is 13.1. The van der Waals surface area contributed by atoms with Crippen molar-refractivity contribution in [2.45, 2.75) is 39.3 Å². The highest BCUT2D eigenvalue weighted by molar-refractivity contribution is 7.98. The summed E-state index contributed by atoms with van der Waals surface area (Å²) in [7, 11) is 0. The lowest BCUT2D eigenvalue weighted by Gasteiger charge is -2.01. The maximum Gasteiger partial charge on any atom is 0.256 e. The van der Waals surface area contributed by atoms with Crippen molar-refractivity contribution in [1.82, 2.24) is 4.57 Å². The van der Waals surface area contributed by atoms with Crippen LogP contribution in [-0.2, 0) is 19.5 Å². The molecule has 0 bridgehead atoms. The Morgan fingerprint density at radius 3 is 2.94 bits per heavy atom. The second-order valence-electron chi connectivity index (χ2n) is 3.75. The molecule has 0 spiro atoms. The van der Waals surface area contributed by atoms with E-state index in [4.69, 9.17) is 5.26 Å². The summed E-state index contributed by atoms with van der Waals surface area (Å²) in [5.41, 5.74) is 0. The van der Waals surface area contributed by atoms with E-state index < -0.39 is 0 Å². The van der Waals surface area contributed by atoms with Crippen molar-refractivity contribution >= 4 is 11.8 Å². The predicted molar refractivity (Wildman–Crippen MR) is 67.2 cm³/mol. The van der Waals surface area contributed by atoms with Crippen LogP contribution in [0.3, 0.4) is 0 Å². The van der Waals surface area contributed by atoms with Gasteiger partial charge in [0, 0.05) is 6.42 Å². The number of rotatable bonds is 7. The summed E-state index contributed by atoms with van der Waals surface area (Å²) in [6.07, 6.45) is 9.72. The molecule has 1 aromatic heterocycles. The van der Waals surface area contributed by atoms with E-state index in [2.05, 4.69) is 30.0 Å². The van der Waals surface area contributed by atoms with Gasteiger partial charge in [0.1, 0.15) is 18.5 Å². The number of aryl methyl sites for hydroxylation is 1. The first-order chi connectivity index (χ1) is 7.83. The Kier molecular flexibility index (Phi) is 6.02. The highest BCUT2D eigenvalue weighted by Crippen LogP contribution is 2.01. The molecular weight excluding hydrogens is 218 g/mol. The molecule has 4 heteroatoms. The number of imidazole rings is 1. The van der Waals surface area contributed by atoms with Gasteiger partial charge in [0.2, 0.25) is 0 Å². The molecule has 0 unspecified atom stereocenters. The largest absolute Gasteiger partial charge is 0.256 e. The fraction of sp³-hybridized carbons (Fsp3) is 0.667. The van der Waals surface area contributed by atoms with E-state index in [0.29, 0.717) is 6.54 Å². The third-order valence-electron chi connectivity index (χ3n) is 2.64. The van der Waals surface area contributed by atoms with Crippen LogP contribution in [0.2, 0.25) is 0 Å². The maximum atomic E-state index is 8.71. The molecular formula is C12H20N3S+. The van der Waals surface area contributed by atoms with Gasteiger partial charge in [0.15, 0.2) is 6.54 Å². The Morgan fingerprint density at radius 1 is 1.50 bits per heavy atom. The Balaban J connectivity index is 2.55. The lowest BCUT2D eigenvalue weighted by atomic mass is 10.3. The van der Waals surface area contributed by atoms with Crippen molar-refractivity contribution in [2.75, 3.05) is 12.0 Å². The van der Waals surface area contributed by atoms with Gasteiger partial charge in [-0.1, -0.05) is 6.92 Å². The number of thioether (sulfide) groups is 1. The van der Waals surface area contributed by atoms with E-state index in [1.165, 1.54) is 24.4 Å². The standard InChI is InChI=1S/C12H20N3S/c1-3-12-14(7-4-5-11-16-2)9-10-15(12)8-6-13/h9-10H,3-5,7-8,11H2,1-2H3/q+1. The Hall–Kier alpha value is -0.950. The van der Waals surface area contributed by atoms with Crippen LogP contribution < -0.4 is 4.57 Å². The number of hydrogen-bond donors (Lipinski definition) is 0. The van der Waals surface area contributed by atoms with E-state index in [0.717, 1.165) is 13.0 Å². The van der Waals surface area contributed by atoms with Crippen LogP contribution in [0.25, 0.3) is 0 Å². The van der Waals surface area contributed by atoms with Gasteiger partial charge >= 0.3 is 0 Å². The highest BCUT2D eigenvalue weighted by atomic mass is 32.2. The molecule has 0 aromatic carbocycles. The second-order valence-corrected chi connectivity index (χ2v) is 4.73. The molecule has 0 aliphatic carbocycles. The summed E-state index contributed by atoms with van der Waals surface area (Å²) < 4.78 is 4.31. The minimum atomic E-state index is 0.459. The number of aromatic nitrogens is 2. The van der Waals surface area contributed by atoms with Gasteiger partial charge in [-0.25, -0.2) is 9.13 Å². The topological polar surface area (TPSA) is 32.6 Å². The normalized spacial score (nSPS) is 10.3. The molecule has 1 rings (SSSR count). The number of hydrogen-bond acceptors (Lipinski definition) is 2. The molecule has 0 aliphatic heterocycles. The van der Waals surface area contributed by atoms with Crippen molar-refractivity contribution in [3.05, 3.63) is 18.2 Å². The van der Waals surface area contributed by atoms with Crippen molar-refractivity contribution in [3.63, 3.8) is 0 Å². The third-order valence-corrected chi connectivity index (χ3v) is 3.34. The zero-order chi connectivity index (χ0) is 11.8. The van der Waals surface area contributed by atoms with E-state index in [1.54, 1.807) is 0 Å². The van der Waals surface area contributed by atoms with Crippen LogP contribution in [0.15, 0.2) is 12.4 Å². The average molecular weight is 238 g/mol. The lowest BCUT2D eigenvalue weighted by molar-refractivity contribution is -0.704. The van der Waals surface area contributed by atoms with Crippen molar-refractivity contribution in [3.8, 4) is 6.07 Å². The average Bonchev–Trinajstić information content (AvgIpc) is 2.67. The van der Waals surface area contributed by atoms with Crippen LogP contribution in [-0.4, -0.2) is 16.6 Å². The Morgan fingerprint density at radius 2 is 2.31 bits per heavy atom. The fourth-order valence-electron chi connectivity index (χ4n) is 1.86. The molecule has 0 radical (unpaired) electrons. The van der Waals surface area contributed by atoms with Crippen molar-refractivity contribution in [2.24, 2.45) is 0 Å². The summed E-state index contributed by atoms with van der Waals surface area (Å²) in [4.78, 5) is 0. The molecule has 0 N–H and O–H groups in total. The smallest absolute Gasteiger partial charge is 0.234 e. The van der Waals surface area contributed by atoms with Gasteiger partial charge in [-0.15, -0.1) is 0 Å². The third kappa shape index (κ3) is 3.57. The second kappa shape index (κ2) is 7.34. The molecule has 1 heterocycles. The van der Waals surface area contributed by atoms with Gasteiger partial charge < -0.3 is 0 Å². The zero-order valence-electron chi connectivity index (χ0n) is 10.1. The van der Waals surface area contributed by atoms with E-state index in [1.807, 2.05) is 22.5 Å². The molecule has 0 saturated heterocycles. The number of nitrogens with zero attached hydrogens (tertiary/aromatic N) is 3. The quantitative estimate of drug-likeness (QED) is 0.537. The van der Waals surface area contributed by atoms with Gasteiger partial charge in [0.05, 0.1) is 6.54 Å². The van der Waals surface area contributed by atoms with Crippen molar-refractivity contribution < 1.29 is 4.57 Å². The van der Waals surface area contributed by atoms with Gasteiger partial charge in [-0.3, -0.25) is 0 Å². The molecule has 0 aliphatic rings. The lowest BCUT2D eigenvalue weighted by Crippen LogP contribution is -2.37. The molecule has 1 aromatic rings. The number of nitriles is 1. The summed E-state index contributed by atoms with van der Waals surface area (Å²) in [5, 5.41) is 8.71. The summed E-state index contributed by atoms with van der Waals surface area (Å²) in [6, 6.07) is 2.19. The maximum absolute atomic E-state index is 8.71. The molecule has 0 fully saturated rings. The number of unbranched alkanes of at least 4 members (excludes halogenated alkanes) is 1. The summed E-state index contributed by atoms with van der Waals surface area (Å²) >= 11 is 1.90. The Labute approximate surface area is 102 Å². The Bertz CT molecular complexity index is 352. The molecule has 0 amide bonds. The van der Waals surface area contributed by atoms with Crippen molar-refractivity contribution in [1.29, 1.82) is 5.26 Å². The molecule has 88 valence electrons. The van der Waals surface area contributed by atoms with Gasteiger partial charge in [-0.2, -0.15) is 17.0 Å². The summed E-state index contributed by atoms with van der Waals surface area (Å²) in [5.74, 6) is 2.49. The molecule has 0 atom stereocenters. The SMILES string of the molecule is CCc1n(CC#N)cc[n+]1CCCCSC. The predicted octanol–water partition coefficient (Wildman–Crippen LogP) is 2.00. The van der Waals surface area contributed by atoms with E-state index in [9.17, 15) is 0 Å². The van der Waals surface area contributed by atoms with Gasteiger partial charge in [-0.05, 0) is 24.9 Å². The molecule has 0 saturated carbocycles. The van der Waals surface area contributed by atoms with E-state index in [-0.39, 0.29) is 0 Å². The highest BCUT2D eigenvalue weighted by Gasteiger charge is 2.13. The van der Waals surface area contributed by atoms with Crippen LogP contribution in [0.1, 0.15) is 25.6 Å². The van der Waals surface area contributed by atoms with Crippen LogP contribution in [0.4, 0.5) is 0 Å². The molecule has 3 nitrogen and oxygen atoms in total.